The Labute approximate surface area is 142 Å². The van der Waals surface area contributed by atoms with Gasteiger partial charge in [0.1, 0.15) is 17.6 Å². The third-order valence-corrected chi connectivity index (χ3v) is 4.18. The number of amides is 1. The average molecular weight is 329 g/mol. The van der Waals surface area contributed by atoms with Crippen LogP contribution in [0.25, 0.3) is 0 Å². The van der Waals surface area contributed by atoms with Crippen molar-refractivity contribution in [1.82, 2.24) is 14.7 Å². The minimum absolute atomic E-state index is 0.0549. The fraction of sp³-hybridized carbons (Fsp3) is 0.444. The van der Waals surface area contributed by atoms with Crippen LogP contribution in [0.15, 0.2) is 30.6 Å². The second-order valence-electron chi connectivity index (χ2n) is 6.20. The van der Waals surface area contributed by atoms with Gasteiger partial charge in [0, 0.05) is 37.8 Å². The molecule has 1 unspecified atom stereocenters. The van der Waals surface area contributed by atoms with Crippen LogP contribution in [0.3, 0.4) is 0 Å². The zero-order valence-corrected chi connectivity index (χ0v) is 14.4. The van der Waals surface area contributed by atoms with Crippen LogP contribution in [0.4, 0.5) is 0 Å². The van der Waals surface area contributed by atoms with Gasteiger partial charge in [-0.15, -0.1) is 0 Å². The number of rotatable bonds is 4. The van der Waals surface area contributed by atoms with E-state index in [1.54, 1.807) is 11.8 Å². The van der Waals surface area contributed by atoms with E-state index in [9.17, 15) is 4.79 Å². The smallest absolute Gasteiger partial charge is 0.223 e. The lowest BCUT2D eigenvalue weighted by Crippen LogP contribution is -2.36. The topological polar surface area (TPSA) is 56.6 Å². The maximum atomic E-state index is 12.6. The molecule has 6 heteroatoms. The van der Waals surface area contributed by atoms with Gasteiger partial charge in [-0.05, 0) is 31.0 Å². The fourth-order valence-corrected chi connectivity index (χ4v) is 2.94. The molecule has 0 N–H and O–H groups in total. The molecule has 6 nitrogen and oxygen atoms in total. The number of carbonyl (C=O) groups is 1. The van der Waals surface area contributed by atoms with Crippen LogP contribution in [0.2, 0.25) is 0 Å². The van der Waals surface area contributed by atoms with Gasteiger partial charge in [0.2, 0.25) is 5.91 Å². The van der Waals surface area contributed by atoms with E-state index in [-0.39, 0.29) is 12.0 Å². The molecule has 2 aromatic rings. The first-order valence-corrected chi connectivity index (χ1v) is 8.14. The van der Waals surface area contributed by atoms with Crippen molar-refractivity contribution < 1.29 is 14.3 Å². The molecule has 0 radical (unpaired) electrons. The second kappa shape index (κ2) is 6.95. The van der Waals surface area contributed by atoms with Gasteiger partial charge in [-0.2, -0.15) is 5.10 Å². The molecule has 3 rings (SSSR count). The number of methoxy groups -OCH3 is 1. The Morgan fingerprint density at radius 1 is 1.46 bits per heavy atom. The Balaban J connectivity index is 1.69. The van der Waals surface area contributed by atoms with Crippen LogP contribution in [0.1, 0.15) is 24.5 Å². The van der Waals surface area contributed by atoms with E-state index in [4.69, 9.17) is 9.47 Å². The van der Waals surface area contributed by atoms with E-state index in [1.165, 1.54) is 0 Å². The average Bonchev–Trinajstić information content (AvgIpc) is 2.90. The van der Waals surface area contributed by atoms with Crippen molar-refractivity contribution >= 4 is 5.91 Å². The lowest BCUT2D eigenvalue weighted by Gasteiger charge is -2.22. The van der Waals surface area contributed by atoms with E-state index < -0.39 is 0 Å². The zero-order valence-electron chi connectivity index (χ0n) is 14.4. The van der Waals surface area contributed by atoms with Gasteiger partial charge in [-0.1, -0.05) is 0 Å². The van der Waals surface area contributed by atoms with Crippen LogP contribution in [-0.4, -0.2) is 40.3 Å². The summed E-state index contributed by atoms with van der Waals surface area (Å²) in [7, 11) is 3.51. The number of nitrogens with zero attached hydrogens (tertiary/aromatic N) is 3. The summed E-state index contributed by atoms with van der Waals surface area (Å²) in [5, 5.41) is 4.14. The largest absolute Gasteiger partial charge is 0.497 e. The van der Waals surface area contributed by atoms with Crippen molar-refractivity contribution in [3.05, 3.63) is 41.7 Å². The quantitative estimate of drug-likeness (QED) is 0.863. The van der Waals surface area contributed by atoms with Crippen molar-refractivity contribution in [2.75, 3.05) is 13.7 Å². The van der Waals surface area contributed by atoms with E-state index in [2.05, 4.69) is 5.10 Å². The standard InChI is InChI=1S/C18H23N3O3/c1-13-10-21(18(22)7-4-14-9-19-20(2)11-14)12-15-5-6-16(23-3)8-17(15)24-13/h5-6,8-9,11,13H,4,7,10,12H2,1-3H3. The Hall–Kier alpha value is -2.50. The molecule has 24 heavy (non-hydrogen) atoms. The molecule has 128 valence electrons. The molecule has 1 aromatic heterocycles. The maximum absolute atomic E-state index is 12.6. The number of hydrogen-bond donors (Lipinski definition) is 0. The number of benzene rings is 1. The van der Waals surface area contributed by atoms with Crippen LogP contribution in [0, 0.1) is 0 Å². The monoisotopic (exact) mass is 329 g/mol. The summed E-state index contributed by atoms with van der Waals surface area (Å²) in [5.41, 5.74) is 2.09. The summed E-state index contributed by atoms with van der Waals surface area (Å²) >= 11 is 0. The normalized spacial score (nSPS) is 17.0. The number of carbonyl (C=O) groups excluding carboxylic acids is 1. The molecular formula is C18H23N3O3. The molecule has 0 fully saturated rings. The Morgan fingerprint density at radius 3 is 3.00 bits per heavy atom. The highest BCUT2D eigenvalue weighted by molar-refractivity contribution is 5.76. The first-order chi connectivity index (χ1) is 11.5. The molecule has 0 aliphatic carbocycles. The summed E-state index contributed by atoms with van der Waals surface area (Å²) in [6, 6.07) is 5.75. The first-order valence-electron chi connectivity index (χ1n) is 8.14. The lowest BCUT2D eigenvalue weighted by molar-refractivity contribution is -0.132. The van der Waals surface area contributed by atoms with Crippen molar-refractivity contribution in [2.24, 2.45) is 7.05 Å². The molecule has 1 aliphatic rings. The van der Waals surface area contributed by atoms with Crippen molar-refractivity contribution in [2.45, 2.75) is 32.4 Å². The molecular weight excluding hydrogens is 306 g/mol. The van der Waals surface area contributed by atoms with Gasteiger partial charge in [0.25, 0.3) is 0 Å². The highest BCUT2D eigenvalue weighted by atomic mass is 16.5. The zero-order chi connectivity index (χ0) is 17.1. The lowest BCUT2D eigenvalue weighted by atomic mass is 10.1. The third-order valence-electron chi connectivity index (χ3n) is 4.18. The Bertz CT molecular complexity index is 726. The summed E-state index contributed by atoms with van der Waals surface area (Å²) in [5.74, 6) is 1.69. The predicted molar refractivity (Wildman–Crippen MR) is 90.0 cm³/mol. The van der Waals surface area contributed by atoms with Crippen molar-refractivity contribution in [3.63, 3.8) is 0 Å². The summed E-state index contributed by atoms with van der Waals surface area (Å²) in [4.78, 5) is 14.5. The third kappa shape index (κ3) is 3.69. The number of aromatic nitrogens is 2. The second-order valence-corrected chi connectivity index (χ2v) is 6.20. The Morgan fingerprint density at radius 2 is 2.29 bits per heavy atom. The van der Waals surface area contributed by atoms with Gasteiger partial charge >= 0.3 is 0 Å². The summed E-state index contributed by atoms with van der Waals surface area (Å²) < 4.78 is 13.0. The van der Waals surface area contributed by atoms with Crippen LogP contribution >= 0.6 is 0 Å². The number of ether oxygens (including phenoxy) is 2. The van der Waals surface area contributed by atoms with Crippen molar-refractivity contribution in [3.8, 4) is 11.5 Å². The van der Waals surface area contributed by atoms with Gasteiger partial charge in [0.05, 0.1) is 19.9 Å². The highest BCUT2D eigenvalue weighted by Crippen LogP contribution is 2.29. The number of hydrogen-bond acceptors (Lipinski definition) is 4. The minimum Gasteiger partial charge on any atom is -0.497 e. The van der Waals surface area contributed by atoms with Gasteiger partial charge in [-0.25, -0.2) is 0 Å². The highest BCUT2D eigenvalue weighted by Gasteiger charge is 2.24. The summed E-state index contributed by atoms with van der Waals surface area (Å²) in [6.07, 6.45) is 4.88. The Kier molecular flexibility index (Phi) is 4.74. The van der Waals surface area contributed by atoms with Crippen LogP contribution < -0.4 is 9.47 Å². The number of fused-ring (bicyclic) bond motifs is 1. The fourth-order valence-electron chi connectivity index (χ4n) is 2.94. The molecule has 0 spiro atoms. The maximum Gasteiger partial charge on any atom is 0.223 e. The number of aryl methyl sites for hydroxylation is 2. The van der Waals surface area contributed by atoms with E-state index in [0.29, 0.717) is 25.9 Å². The van der Waals surface area contributed by atoms with Gasteiger partial charge in [0.15, 0.2) is 0 Å². The van der Waals surface area contributed by atoms with Crippen LogP contribution in [0.5, 0.6) is 11.5 Å². The molecule has 0 saturated carbocycles. The minimum atomic E-state index is -0.0549. The van der Waals surface area contributed by atoms with Gasteiger partial charge in [-0.3, -0.25) is 9.48 Å². The molecule has 1 aromatic carbocycles. The molecule has 0 saturated heterocycles. The van der Waals surface area contributed by atoms with E-state index in [1.807, 2.05) is 49.5 Å². The molecule has 1 amide bonds. The molecule has 2 heterocycles. The molecule has 1 atom stereocenters. The van der Waals surface area contributed by atoms with Crippen LogP contribution in [-0.2, 0) is 24.8 Å². The van der Waals surface area contributed by atoms with Gasteiger partial charge < -0.3 is 14.4 Å². The van der Waals surface area contributed by atoms with E-state index >= 15 is 0 Å². The SMILES string of the molecule is COc1ccc2c(c1)OC(C)CN(C(=O)CCc1cnn(C)c1)C2. The van der Waals surface area contributed by atoms with Crippen molar-refractivity contribution in [1.29, 1.82) is 0 Å². The molecule has 0 bridgehead atoms. The first kappa shape index (κ1) is 16.4. The molecule has 1 aliphatic heterocycles. The predicted octanol–water partition coefficient (Wildman–Crippen LogP) is 2.17. The van der Waals surface area contributed by atoms with E-state index in [0.717, 1.165) is 22.6 Å². The summed E-state index contributed by atoms with van der Waals surface area (Å²) in [6.45, 7) is 3.13.